The molecule has 2 rings (SSSR count). The Morgan fingerprint density at radius 1 is 1.44 bits per heavy atom. The molecule has 3 nitrogen and oxygen atoms in total. The Hall–Kier alpha value is -0.130. The molecule has 1 aromatic rings. The third kappa shape index (κ3) is 3.93. The summed E-state index contributed by atoms with van der Waals surface area (Å²) in [6.45, 7) is 1.39. The Kier molecular flexibility index (Phi) is 5.45. The van der Waals surface area contributed by atoms with Crippen LogP contribution < -0.4 is 5.32 Å². The fourth-order valence-electron chi connectivity index (χ4n) is 2.03. The average molecular weight is 335 g/mol. The van der Waals surface area contributed by atoms with Gasteiger partial charge >= 0.3 is 0 Å². The van der Waals surface area contributed by atoms with Crippen molar-refractivity contribution >= 4 is 27.5 Å². The molecule has 5 heteroatoms. The smallest absolute Gasteiger partial charge is 0.159 e. The first-order valence-corrected chi connectivity index (χ1v) is 7.20. The van der Waals surface area contributed by atoms with Gasteiger partial charge in [0.1, 0.15) is 0 Å². The molecule has 1 N–H and O–H groups in total. The van der Waals surface area contributed by atoms with Crippen molar-refractivity contribution in [2.75, 3.05) is 20.3 Å². The van der Waals surface area contributed by atoms with E-state index in [1.807, 2.05) is 25.2 Å². The summed E-state index contributed by atoms with van der Waals surface area (Å²) < 4.78 is 11.9. The molecule has 0 aliphatic carbocycles. The van der Waals surface area contributed by atoms with Crippen LogP contribution in [0.3, 0.4) is 0 Å². The molecule has 1 aliphatic rings. The topological polar surface area (TPSA) is 30.5 Å². The zero-order valence-electron chi connectivity index (χ0n) is 10.3. The summed E-state index contributed by atoms with van der Waals surface area (Å²) in [6, 6.07) is 6.28. The van der Waals surface area contributed by atoms with Gasteiger partial charge in [-0.1, -0.05) is 33.6 Å². The number of hydrogen-bond acceptors (Lipinski definition) is 3. The predicted molar refractivity (Wildman–Crippen MR) is 76.0 cm³/mol. The van der Waals surface area contributed by atoms with Crippen molar-refractivity contribution in [1.82, 2.24) is 5.32 Å². The van der Waals surface area contributed by atoms with E-state index in [4.69, 9.17) is 21.1 Å². The third-order valence-corrected chi connectivity index (χ3v) is 3.90. The second-order valence-corrected chi connectivity index (χ2v) is 5.66. The van der Waals surface area contributed by atoms with E-state index in [9.17, 15) is 0 Å². The van der Waals surface area contributed by atoms with Crippen LogP contribution in [0.1, 0.15) is 12.0 Å². The lowest BCUT2D eigenvalue weighted by Gasteiger charge is -2.20. The van der Waals surface area contributed by atoms with Gasteiger partial charge in [-0.3, -0.25) is 0 Å². The standard InChI is InChI=1S/C13H17BrClNO2/c1-16-11(8-13-17-4-5-18-13)6-9-2-3-10(14)7-12(9)15/h2-3,7,11,13,16H,4-6,8H2,1H3. The number of nitrogens with one attached hydrogen (secondary N) is 1. The van der Waals surface area contributed by atoms with Crippen molar-refractivity contribution < 1.29 is 9.47 Å². The van der Waals surface area contributed by atoms with E-state index in [0.717, 1.165) is 27.9 Å². The van der Waals surface area contributed by atoms with Crippen LogP contribution in [0.2, 0.25) is 5.02 Å². The second-order valence-electron chi connectivity index (χ2n) is 4.33. The lowest BCUT2D eigenvalue weighted by atomic mass is 10.0. The van der Waals surface area contributed by atoms with Gasteiger partial charge in [0.05, 0.1) is 13.2 Å². The first-order chi connectivity index (χ1) is 8.69. The molecular formula is C13H17BrClNO2. The Morgan fingerprint density at radius 3 is 2.78 bits per heavy atom. The number of benzene rings is 1. The highest BCUT2D eigenvalue weighted by Crippen LogP contribution is 2.23. The first kappa shape index (κ1) is 14.3. The summed E-state index contributed by atoms with van der Waals surface area (Å²) in [6.07, 6.45) is 1.62. The van der Waals surface area contributed by atoms with Crippen molar-refractivity contribution in [3.05, 3.63) is 33.3 Å². The molecule has 0 spiro atoms. The highest BCUT2D eigenvalue weighted by molar-refractivity contribution is 9.10. The maximum atomic E-state index is 6.23. The molecule has 0 radical (unpaired) electrons. The normalized spacial score (nSPS) is 18.2. The predicted octanol–water partition coefficient (Wildman–Crippen LogP) is 3.00. The van der Waals surface area contributed by atoms with Crippen molar-refractivity contribution in [3.8, 4) is 0 Å². The van der Waals surface area contributed by atoms with E-state index < -0.39 is 0 Å². The Labute approximate surface area is 121 Å². The van der Waals surface area contributed by atoms with E-state index in [-0.39, 0.29) is 6.29 Å². The summed E-state index contributed by atoms with van der Waals surface area (Å²) in [4.78, 5) is 0. The molecule has 1 aromatic carbocycles. The molecule has 1 saturated heterocycles. The van der Waals surface area contributed by atoms with Gasteiger partial charge in [0.25, 0.3) is 0 Å². The van der Waals surface area contributed by atoms with Crippen LogP contribution in [-0.2, 0) is 15.9 Å². The fourth-order valence-corrected chi connectivity index (χ4v) is 2.78. The molecule has 1 atom stereocenters. The summed E-state index contributed by atoms with van der Waals surface area (Å²) in [5.74, 6) is 0. The van der Waals surface area contributed by atoms with Gasteiger partial charge in [-0.2, -0.15) is 0 Å². The van der Waals surface area contributed by atoms with Crippen molar-refractivity contribution in [1.29, 1.82) is 0 Å². The van der Waals surface area contributed by atoms with Crippen LogP contribution in [0.5, 0.6) is 0 Å². The highest BCUT2D eigenvalue weighted by atomic mass is 79.9. The maximum Gasteiger partial charge on any atom is 0.159 e. The first-order valence-electron chi connectivity index (χ1n) is 6.03. The van der Waals surface area contributed by atoms with Crippen molar-refractivity contribution in [2.24, 2.45) is 0 Å². The molecule has 18 heavy (non-hydrogen) atoms. The SMILES string of the molecule is CNC(Cc1ccc(Br)cc1Cl)CC1OCCO1. The van der Waals surface area contributed by atoms with Crippen molar-refractivity contribution in [2.45, 2.75) is 25.2 Å². The number of ether oxygens (including phenoxy) is 2. The van der Waals surface area contributed by atoms with Crippen LogP contribution in [0.25, 0.3) is 0 Å². The summed E-state index contributed by atoms with van der Waals surface area (Å²) in [7, 11) is 1.95. The minimum Gasteiger partial charge on any atom is -0.350 e. The van der Waals surface area contributed by atoms with Crippen LogP contribution >= 0.6 is 27.5 Å². The van der Waals surface area contributed by atoms with Crippen LogP contribution in [0, 0.1) is 0 Å². The van der Waals surface area contributed by atoms with Gasteiger partial charge in [0.15, 0.2) is 6.29 Å². The van der Waals surface area contributed by atoms with Crippen LogP contribution in [0.15, 0.2) is 22.7 Å². The zero-order chi connectivity index (χ0) is 13.0. The van der Waals surface area contributed by atoms with Gasteiger partial charge < -0.3 is 14.8 Å². The minimum absolute atomic E-state index is 0.0864. The molecule has 1 heterocycles. The maximum absolute atomic E-state index is 6.23. The van der Waals surface area contributed by atoms with Gasteiger partial charge in [-0.15, -0.1) is 0 Å². The van der Waals surface area contributed by atoms with E-state index in [0.29, 0.717) is 19.3 Å². The Bertz CT molecular complexity index is 397. The molecule has 0 aromatic heterocycles. The number of rotatable bonds is 5. The highest BCUT2D eigenvalue weighted by Gasteiger charge is 2.21. The summed E-state index contributed by atoms with van der Waals surface area (Å²) >= 11 is 9.64. The van der Waals surface area contributed by atoms with Gasteiger partial charge in [-0.25, -0.2) is 0 Å². The number of hydrogen-bond donors (Lipinski definition) is 1. The number of halogens is 2. The van der Waals surface area contributed by atoms with Crippen molar-refractivity contribution in [3.63, 3.8) is 0 Å². The summed E-state index contributed by atoms with van der Waals surface area (Å²) in [5, 5.41) is 4.08. The Balaban J connectivity index is 1.96. The quantitative estimate of drug-likeness (QED) is 0.898. The van der Waals surface area contributed by atoms with E-state index in [1.165, 1.54) is 0 Å². The molecule has 100 valence electrons. The monoisotopic (exact) mass is 333 g/mol. The molecule has 1 aliphatic heterocycles. The average Bonchev–Trinajstić information content (AvgIpc) is 2.84. The van der Waals surface area contributed by atoms with Crippen LogP contribution in [0.4, 0.5) is 0 Å². The number of likely N-dealkylation sites (N-methyl/N-ethyl adjacent to an activating group) is 1. The fraction of sp³-hybridized carbons (Fsp3) is 0.538. The largest absolute Gasteiger partial charge is 0.350 e. The van der Waals surface area contributed by atoms with Gasteiger partial charge in [-0.05, 0) is 31.2 Å². The molecule has 1 unspecified atom stereocenters. The minimum atomic E-state index is -0.0864. The van der Waals surface area contributed by atoms with Gasteiger partial charge in [0, 0.05) is 22.0 Å². The third-order valence-electron chi connectivity index (χ3n) is 3.06. The summed E-state index contributed by atoms with van der Waals surface area (Å²) in [5.41, 5.74) is 1.14. The van der Waals surface area contributed by atoms with E-state index >= 15 is 0 Å². The van der Waals surface area contributed by atoms with Gasteiger partial charge in [0.2, 0.25) is 0 Å². The second kappa shape index (κ2) is 6.87. The van der Waals surface area contributed by atoms with Crippen LogP contribution in [-0.4, -0.2) is 32.6 Å². The van der Waals surface area contributed by atoms with E-state index in [1.54, 1.807) is 0 Å². The lowest BCUT2D eigenvalue weighted by molar-refractivity contribution is -0.0522. The lowest BCUT2D eigenvalue weighted by Crippen LogP contribution is -2.32. The van der Waals surface area contributed by atoms with E-state index in [2.05, 4.69) is 21.2 Å². The molecule has 0 saturated carbocycles. The molecule has 1 fully saturated rings. The molecule has 0 amide bonds. The zero-order valence-corrected chi connectivity index (χ0v) is 12.6. The molecular weight excluding hydrogens is 318 g/mol. The Morgan fingerprint density at radius 2 is 2.17 bits per heavy atom. The molecule has 0 bridgehead atoms.